The van der Waals surface area contributed by atoms with Crippen LogP contribution in [-0.4, -0.2) is 72.4 Å². The number of carbonyl (C=O) groups excluding carboxylic acids is 1. The van der Waals surface area contributed by atoms with E-state index in [-0.39, 0.29) is 0 Å². The van der Waals surface area contributed by atoms with Gasteiger partial charge >= 0.3 is 0 Å². The van der Waals surface area contributed by atoms with E-state index >= 15 is 0 Å². The Bertz CT molecular complexity index is 1640. The summed E-state index contributed by atoms with van der Waals surface area (Å²) in [5, 5.41) is 0. The van der Waals surface area contributed by atoms with E-state index in [0.29, 0.717) is 17.8 Å². The number of aromatic nitrogens is 5. The SMILES string of the molecule is Cn1c(-c2ccccc2)nc2cc(-c3nc(C4CC(N5CCN(C=O)CC5)C4)n4ccnc(N)c34)ccc21. The van der Waals surface area contributed by atoms with Gasteiger partial charge in [-0.05, 0) is 25.0 Å². The number of benzene rings is 2. The maximum atomic E-state index is 11.1. The number of nitrogen functional groups attached to an aromatic ring is 1. The molecule has 3 aromatic heterocycles. The first kappa shape index (κ1) is 22.9. The summed E-state index contributed by atoms with van der Waals surface area (Å²) in [6.07, 6.45) is 6.80. The second kappa shape index (κ2) is 8.95. The van der Waals surface area contributed by atoms with Crippen LogP contribution in [0.5, 0.6) is 0 Å². The zero-order chi connectivity index (χ0) is 25.8. The largest absolute Gasteiger partial charge is 0.382 e. The molecule has 1 saturated carbocycles. The lowest BCUT2D eigenvalue weighted by atomic mass is 9.78. The van der Waals surface area contributed by atoms with E-state index in [9.17, 15) is 4.79 Å². The molecule has 4 heterocycles. The van der Waals surface area contributed by atoms with Crippen molar-refractivity contribution in [1.82, 2.24) is 33.7 Å². The van der Waals surface area contributed by atoms with Gasteiger partial charge in [0.05, 0.1) is 11.0 Å². The highest BCUT2D eigenvalue weighted by atomic mass is 16.1. The average Bonchev–Trinajstić information content (AvgIpc) is 3.47. The van der Waals surface area contributed by atoms with Crippen LogP contribution in [0.2, 0.25) is 0 Å². The third-order valence-electron chi connectivity index (χ3n) is 8.29. The summed E-state index contributed by atoms with van der Waals surface area (Å²) < 4.78 is 4.26. The second-order valence-corrected chi connectivity index (χ2v) is 10.4. The van der Waals surface area contributed by atoms with Crippen LogP contribution in [0.4, 0.5) is 5.82 Å². The molecule has 0 atom stereocenters. The first-order chi connectivity index (χ1) is 18.6. The van der Waals surface area contributed by atoms with Gasteiger partial charge in [-0.3, -0.25) is 14.1 Å². The van der Waals surface area contributed by atoms with Gasteiger partial charge in [-0.1, -0.05) is 36.4 Å². The lowest BCUT2D eigenvalue weighted by Crippen LogP contribution is -2.53. The number of anilines is 1. The Kier molecular flexibility index (Phi) is 5.40. The molecule has 38 heavy (non-hydrogen) atoms. The minimum absolute atomic E-state index is 0.357. The number of nitrogens with zero attached hydrogens (tertiary/aromatic N) is 7. The van der Waals surface area contributed by atoms with Crippen LogP contribution in [0, 0.1) is 0 Å². The summed E-state index contributed by atoms with van der Waals surface area (Å²) in [7, 11) is 2.05. The van der Waals surface area contributed by atoms with E-state index in [0.717, 1.165) is 90.5 Å². The van der Waals surface area contributed by atoms with Crippen LogP contribution in [-0.2, 0) is 11.8 Å². The number of hydrogen-bond donors (Lipinski definition) is 1. The van der Waals surface area contributed by atoms with Crippen molar-refractivity contribution < 1.29 is 4.79 Å². The summed E-state index contributed by atoms with van der Waals surface area (Å²) in [6.45, 7) is 3.50. The molecule has 0 radical (unpaired) electrons. The minimum atomic E-state index is 0.357. The zero-order valence-corrected chi connectivity index (χ0v) is 21.4. The quantitative estimate of drug-likeness (QED) is 0.366. The highest BCUT2D eigenvalue weighted by molar-refractivity contribution is 5.91. The van der Waals surface area contributed by atoms with Gasteiger partial charge in [-0.15, -0.1) is 0 Å². The summed E-state index contributed by atoms with van der Waals surface area (Å²) in [4.78, 5) is 30.0. The van der Waals surface area contributed by atoms with Crippen LogP contribution in [0.25, 0.3) is 39.2 Å². The van der Waals surface area contributed by atoms with Crippen molar-refractivity contribution in [2.75, 3.05) is 31.9 Å². The molecule has 2 aromatic carbocycles. The molecule has 0 bridgehead atoms. The second-order valence-electron chi connectivity index (χ2n) is 10.4. The van der Waals surface area contributed by atoms with Crippen molar-refractivity contribution in [3.63, 3.8) is 0 Å². The fourth-order valence-corrected chi connectivity index (χ4v) is 6.07. The van der Waals surface area contributed by atoms with Gasteiger partial charge in [0.2, 0.25) is 6.41 Å². The molecule has 192 valence electrons. The highest BCUT2D eigenvalue weighted by Crippen LogP contribution is 2.42. The van der Waals surface area contributed by atoms with Crippen molar-refractivity contribution >= 4 is 28.8 Å². The number of rotatable bonds is 5. The Morgan fingerprint density at radius 2 is 1.76 bits per heavy atom. The van der Waals surface area contributed by atoms with E-state index in [4.69, 9.17) is 15.7 Å². The number of piperazine rings is 1. The molecule has 5 aromatic rings. The van der Waals surface area contributed by atoms with Gasteiger partial charge < -0.3 is 15.2 Å². The monoisotopic (exact) mass is 506 g/mol. The van der Waals surface area contributed by atoms with Crippen molar-refractivity contribution in [3.8, 4) is 22.6 Å². The maximum Gasteiger partial charge on any atom is 0.209 e. The summed E-state index contributed by atoms with van der Waals surface area (Å²) in [5.41, 5.74) is 12.2. The van der Waals surface area contributed by atoms with Crippen LogP contribution < -0.4 is 5.73 Å². The number of imidazole rings is 2. The Labute approximate surface area is 220 Å². The molecule has 1 amide bonds. The van der Waals surface area contributed by atoms with E-state index in [1.165, 1.54) is 0 Å². The molecule has 1 aliphatic carbocycles. The number of fused-ring (bicyclic) bond motifs is 2. The molecule has 1 saturated heterocycles. The van der Waals surface area contributed by atoms with Gasteiger partial charge in [0.1, 0.15) is 28.7 Å². The van der Waals surface area contributed by atoms with E-state index in [1.54, 1.807) is 6.20 Å². The predicted molar refractivity (Wildman–Crippen MR) is 148 cm³/mol. The minimum Gasteiger partial charge on any atom is -0.382 e. The number of carbonyl (C=O) groups is 1. The fraction of sp³-hybridized carbons (Fsp3) is 0.310. The Hall–Kier alpha value is -4.24. The summed E-state index contributed by atoms with van der Waals surface area (Å²) in [5.74, 6) is 2.81. The third kappa shape index (κ3) is 3.65. The molecule has 7 rings (SSSR count). The Morgan fingerprint density at radius 1 is 0.974 bits per heavy atom. The van der Waals surface area contributed by atoms with Gasteiger partial charge in [0.15, 0.2) is 0 Å². The van der Waals surface area contributed by atoms with Crippen molar-refractivity contribution in [3.05, 3.63) is 66.7 Å². The number of hydrogen-bond acceptors (Lipinski definition) is 6. The predicted octanol–water partition coefficient (Wildman–Crippen LogP) is 3.55. The zero-order valence-electron chi connectivity index (χ0n) is 21.4. The smallest absolute Gasteiger partial charge is 0.209 e. The molecular formula is C29H30N8O. The highest BCUT2D eigenvalue weighted by Gasteiger charge is 2.38. The van der Waals surface area contributed by atoms with Gasteiger partial charge in [0.25, 0.3) is 0 Å². The van der Waals surface area contributed by atoms with Gasteiger partial charge in [-0.2, -0.15) is 0 Å². The first-order valence-electron chi connectivity index (χ1n) is 13.2. The van der Waals surface area contributed by atoms with Gasteiger partial charge in [0, 0.05) is 68.7 Å². The Balaban J connectivity index is 1.22. The molecule has 0 unspecified atom stereocenters. The van der Waals surface area contributed by atoms with E-state index in [2.05, 4.69) is 56.2 Å². The van der Waals surface area contributed by atoms with Gasteiger partial charge in [-0.25, -0.2) is 15.0 Å². The molecular weight excluding hydrogens is 476 g/mol. The molecule has 2 aliphatic rings. The van der Waals surface area contributed by atoms with Crippen LogP contribution in [0.1, 0.15) is 24.6 Å². The van der Waals surface area contributed by atoms with Crippen LogP contribution >= 0.6 is 0 Å². The first-order valence-corrected chi connectivity index (χ1v) is 13.2. The summed E-state index contributed by atoms with van der Waals surface area (Å²) in [6, 6.07) is 17.1. The number of nitrogens with two attached hydrogens (primary N) is 1. The standard InChI is InChI=1S/C29H30N8O/c1-34-24-8-7-20(17-23(24)32-28(34)19-5-3-2-4-6-19)25-26-27(30)31-9-10-37(26)29(33-25)21-15-22(16-21)36-13-11-35(18-38)12-14-36/h2-10,17-18,21-22H,11-16H2,1H3,(H2,30,31). The van der Waals surface area contributed by atoms with E-state index in [1.807, 2.05) is 29.3 Å². The van der Waals surface area contributed by atoms with Crippen LogP contribution in [0.15, 0.2) is 60.9 Å². The number of aryl methyl sites for hydroxylation is 1. The molecule has 9 heteroatoms. The molecule has 1 aliphatic heterocycles. The average molecular weight is 507 g/mol. The molecule has 2 fully saturated rings. The third-order valence-corrected chi connectivity index (χ3v) is 8.29. The fourth-order valence-electron chi connectivity index (χ4n) is 6.07. The van der Waals surface area contributed by atoms with Crippen molar-refractivity contribution in [1.29, 1.82) is 0 Å². The van der Waals surface area contributed by atoms with Crippen molar-refractivity contribution in [2.24, 2.45) is 7.05 Å². The molecule has 9 nitrogen and oxygen atoms in total. The van der Waals surface area contributed by atoms with Crippen LogP contribution in [0.3, 0.4) is 0 Å². The lowest BCUT2D eigenvalue weighted by Gasteiger charge is -2.45. The lowest BCUT2D eigenvalue weighted by molar-refractivity contribution is -0.120. The number of amides is 1. The topological polar surface area (TPSA) is 97.6 Å². The molecule has 0 spiro atoms. The van der Waals surface area contributed by atoms with Crippen molar-refractivity contribution in [2.45, 2.75) is 24.8 Å². The Morgan fingerprint density at radius 3 is 2.53 bits per heavy atom. The molecule has 2 N–H and O–H groups in total. The summed E-state index contributed by atoms with van der Waals surface area (Å²) >= 11 is 0. The normalized spacial score (nSPS) is 20.2. The maximum absolute atomic E-state index is 11.1. The van der Waals surface area contributed by atoms with E-state index < -0.39 is 0 Å².